The van der Waals surface area contributed by atoms with Gasteiger partial charge in [0.05, 0.1) is 0 Å². The van der Waals surface area contributed by atoms with Gasteiger partial charge in [0.25, 0.3) is 0 Å². The Morgan fingerprint density at radius 2 is 2.33 bits per heavy atom. The van der Waals surface area contributed by atoms with E-state index in [9.17, 15) is 0 Å². The lowest BCUT2D eigenvalue weighted by Gasteiger charge is -1.87. The molecule has 0 radical (unpaired) electrons. The predicted octanol–water partition coefficient (Wildman–Crippen LogP) is 2.52. The first kappa shape index (κ1) is 6.75. The van der Waals surface area contributed by atoms with E-state index in [0.29, 0.717) is 5.09 Å². The fraction of sp³-hybridized carbons (Fsp3) is 0.429. The van der Waals surface area contributed by atoms with Gasteiger partial charge >= 0.3 is 0 Å². The first-order chi connectivity index (χ1) is 4.33. The number of thiol groups is 1. The van der Waals surface area contributed by atoms with Crippen molar-refractivity contribution < 1.29 is 4.42 Å². The molecule has 0 amide bonds. The summed E-state index contributed by atoms with van der Waals surface area (Å²) < 4.78 is 5.19. The number of hydrogen-bond acceptors (Lipinski definition) is 2. The van der Waals surface area contributed by atoms with Crippen molar-refractivity contribution in [3.63, 3.8) is 0 Å². The Labute approximate surface area is 60.5 Å². The zero-order chi connectivity index (χ0) is 6.69. The van der Waals surface area contributed by atoms with Gasteiger partial charge < -0.3 is 4.42 Å². The van der Waals surface area contributed by atoms with Gasteiger partial charge in [0.2, 0.25) is 0 Å². The van der Waals surface area contributed by atoms with E-state index in [-0.39, 0.29) is 0 Å². The third-order valence-electron chi connectivity index (χ3n) is 1.14. The van der Waals surface area contributed by atoms with Crippen LogP contribution in [-0.2, 0) is 6.42 Å². The van der Waals surface area contributed by atoms with Gasteiger partial charge in [-0.05, 0) is 18.6 Å². The highest BCUT2D eigenvalue weighted by atomic mass is 32.1. The van der Waals surface area contributed by atoms with Crippen molar-refractivity contribution in [3.05, 3.63) is 17.9 Å². The van der Waals surface area contributed by atoms with Gasteiger partial charge in [0.1, 0.15) is 5.76 Å². The number of hydrogen-bond donors (Lipinski definition) is 1. The molecule has 0 atom stereocenters. The zero-order valence-corrected chi connectivity index (χ0v) is 6.32. The van der Waals surface area contributed by atoms with E-state index < -0.39 is 0 Å². The topological polar surface area (TPSA) is 13.1 Å². The summed E-state index contributed by atoms with van der Waals surface area (Å²) in [4.78, 5) is 0. The second kappa shape index (κ2) is 2.97. The molecule has 0 aliphatic carbocycles. The van der Waals surface area contributed by atoms with E-state index >= 15 is 0 Å². The summed E-state index contributed by atoms with van der Waals surface area (Å²) in [6, 6.07) is 3.83. The summed E-state index contributed by atoms with van der Waals surface area (Å²) >= 11 is 4.03. The lowest BCUT2D eigenvalue weighted by atomic mass is 10.3. The van der Waals surface area contributed by atoms with Crippen molar-refractivity contribution in [2.45, 2.75) is 24.9 Å². The Bertz CT molecular complexity index is 181. The quantitative estimate of drug-likeness (QED) is 0.626. The molecule has 2 heteroatoms. The van der Waals surface area contributed by atoms with E-state index in [2.05, 4.69) is 19.6 Å². The summed E-state index contributed by atoms with van der Waals surface area (Å²) in [6.07, 6.45) is 2.14. The molecule has 1 aromatic rings. The molecule has 0 spiro atoms. The maximum Gasteiger partial charge on any atom is 0.157 e. The highest BCUT2D eigenvalue weighted by Crippen LogP contribution is 2.12. The fourth-order valence-corrected chi connectivity index (χ4v) is 0.939. The molecule has 1 nitrogen and oxygen atoms in total. The Balaban J connectivity index is 2.61. The van der Waals surface area contributed by atoms with Crippen molar-refractivity contribution in [1.82, 2.24) is 0 Å². The maximum atomic E-state index is 5.19. The maximum absolute atomic E-state index is 5.19. The van der Waals surface area contributed by atoms with E-state index in [1.165, 1.54) is 0 Å². The molecule has 1 rings (SSSR count). The van der Waals surface area contributed by atoms with Crippen molar-refractivity contribution in [2.24, 2.45) is 0 Å². The predicted molar refractivity (Wildman–Crippen MR) is 40.0 cm³/mol. The van der Waals surface area contributed by atoms with Gasteiger partial charge in [0, 0.05) is 6.42 Å². The zero-order valence-electron chi connectivity index (χ0n) is 5.42. The Morgan fingerprint density at radius 1 is 1.56 bits per heavy atom. The summed E-state index contributed by atoms with van der Waals surface area (Å²) in [5.41, 5.74) is 0. The van der Waals surface area contributed by atoms with E-state index in [0.717, 1.165) is 18.6 Å². The summed E-state index contributed by atoms with van der Waals surface area (Å²) in [5, 5.41) is 0.707. The van der Waals surface area contributed by atoms with Gasteiger partial charge in [-0.15, -0.1) is 12.6 Å². The number of furan rings is 1. The molecular formula is C7H10OS. The second-order valence-corrected chi connectivity index (χ2v) is 2.43. The number of aryl methyl sites for hydroxylation is 1. The summed E-state index contributed by atoms with van der Waals surface area (Å²) in [5.74, 6) is 1.03. The summed E-state index contributed by atoms with van der Waals surface area (Å²) in [7, 11) is 0. The van der Waals surface area contributed by atoms with E-state index in [1.54, 1.807) is 0 Å². The Morgan fingerprint density at radius 3 is 2.78 bits per heavy atom. The highest BCUT2D eigenvalue weighted by molar-refractivity contribution is 7.80. The lowest BCUT2D eigenvalue weighted by molar-refractivity contribution is 0.431. The molecule has 0 bridgehead atoms. The minimum absolute atomic E-state index is 0.707. The van der Waals surface area contributed by atoms with Gasteiger partial charge in [-0.1, -0.05) is 6.92 Å². The average molecular weight is 142 g/mol. The van der Waals surface area contributed by atoms with Gasteiger partial charge in [-0.3, -0.25) is 0 Å². The molecule has 0 N–H and O–H groups in total. The average Bonchev–Trinajstić information content (AvgIpc) is 2.17. The largest absolute Gasteiger partial charge is 0.455 e. The van der Waals surface area contributed by atoms with Gasteiger partial charge in [-0.2, -0.15) is 0 Å². The van der Waals surface area contributed by atoms with Gasteiger partial charge in [-0.25, -0.2) is 0 Å². The van der Waals surface area contributed by atoms with Crippen LogP contribution in [0.3, 0.4) is 0 Å². The molecule has 0 aliphatic rings. The molecule has 0 saturated carbocycles. The van der Waals surface area contributed by atoms with Crippen molar-refractivity contribution in [1.29, 1.82) is 0 Å². The molecular weight excluding hydrogens is 132 g/mol. The van der Waals surface area contributed by atoms with Crippen molar-refractivity contribution >= 4 is 12.6 Å². The van der Waals surface area contributed by atoms with Crippen LogP contribution >= 0.6 is 12.6 Å². The SMILES string of the molecule is CCCc1ccc(S)o1. The molecule has 0 aromatic carbocycles. The first-order valence-electron chi connectivity index (χ1n) is 3.10. The molecule has 0 saturated heterocycles. The standard InChI is InChI=1S/C7H10OS/c1-2-3-6-4-5-7(9)8-6/h4-5,9H,2-3H2,1H3. The van der Waals surface area contributed by atoms with Crippen LogP contribution in [0.15, 0.2) is 21.6 Å². The molecule has 9 heavy (non-hydrogen) atoms. The Kier molecular flexibility index (Phi) is 2.22. The molecule has 0 aliphatic heterocycles. The molecule has 50 valence electrons. The summed E-state index contributed by atoms with van der Waals surface area (Å²) in [6.45, 7) is 2.13. The second-order valence-electron chi connectivity index (χ2n) is 1.99. The first-order valence-corrected chi connectivity index (χ1v) is 3.55. The molecule has 0 unspecified atom stereocenters. The minimum Gasteiger partial charge on any atom is -0.455 e. The van der Waals surface area contributed by atoms with Crippen molar-refractivity contribution in [2.75, 3.05) is 0 Å². The van der Waals surface area contributed by atoms with Crippen LogP contribution in [0.5, 0.6) is 0 Å². The van der Waals surface area contributed by atoms with Crippen LogP contribution in [0.4, 0.5) is 0 Å². The Hall–Kier alpha value is -0.370. The van der Waals surface area contributed by atoms with Crippen LogP contribution < -0.4 is 0 Å². The molecule has 1 heterocycles. The normalized spacial score (nSPS) is 10.0. The van der Waals surface area contributed by atoms with E-state index in [1.807, 2.05) is 12.1 Å². The van der Waals surface area contributed by atoms with Crippen LogP contribution in [-0.4, -0.2) is 0 Å². The lowest BCUT2D eigenvalue weighted by Crippen LogP contribution is -1.74. The minimum atomic E-state index is 0.707. The van der Waals surface area contributed by atoms with Gasteiger partial charge in [0.15, 0.2) is 5.09 Å². The third kappa shape index (κ3) is 1.79. The van der Waals surface area contributed by atoms with Crippen LogP contribution in [0.2, 0.25) is 0 Å². The molecule has 0 fully saturated rings. The highest BCUT2D eigenvalue weighted by Gasteiger charge is 1.94. The fourth-order valence-electron chi connectivity index (χ4n) is 0.747. The third-order valence-corrected chi connectivity index (χ3v) is 1.38. The monoisotopic (exact) mass is 142 g/mol. The van der Waals surface area contributed by atoms with E-state index in [4.69, 9.17) is 4.42 Å². The molecule has 1 aromatic heterocycles. The smallest absolute Gasteiger partial charge is 0.157 e. The van der Waals surface area contributed by atoms with Crippen LogP contribution in [0.25, 0.3) is 0 Å². The van der Waals surface area contributed by atoms with Crippen molar-refractivity contribution in [3.8, 4) is 0 Å². The van der Waals surface area contributed by atoms with Crippen LogP contribution in [0, 0.1) is 0 Å². The number of rotatable bonds is 2. The van der Waals surface area contributed by atoms with Crippen LogP contribution in [0.1, 0.15) is 19.1 Å².